The monoisotopic (exact) mass is 328 g/mol. The molecule has 5 heteroatoms. The number of nitrogens with zero attached hydrogens (tertiary/aromatic N) is 1. The van der Waals surface area contributed by atoms with Gasteiger partial charge in [0.05, 0.1) is 18.6 Å². The molecular weight excluding hydrogens is 308 g/mol. The fourth-order valence-electron chi connectivity index (χ4n) is 1.91. The van der Waals surface area contributed by atoms with Crippen LogP contribution in [-0.4, -0.2) is 24.5 Å². The maximum Gasteiger partial charge on any atom is 0.250 e. The largest absolute Gasteiger partial charge is 0.497 e. The first-order chi connectivity index (χ1) is 11.2. The average molecular weight is 328 g/mol. The second kappa shape index (κ2) is 9.00. The van der Waals surface area contributed by atoms with Gasteiger partial charge in [-0.1, -0.05) is 30.3 Å². The molecule has 2 aromatic carbocycles. The maximum absolute atomic E-state index is 11.8. The summed E-state index contributed by atoms with van der Waals surface area (Å²) in [5.41, 5.74) is 5.51. The molecule has 0 radical (unpaired) electrons. The standard InChI is InChI=1S/C18H20N2O2S/c1-14(16-8-10-17(22-2)11-9-16)19-20-18(21)13-23-12-15-6-4-3-5-7-15/h3-11H,12-13H2,1-2H3,(H,20,21)/b19-14-. The summed E-state index contributed by atoms with van der Waals surface area (Å²) in [4.78, 5) is 11.8. The minimum atomic E-state index is -0.0983. The summed E-state index contributed by atoms with van der Waals surface area (Å²) in [6, 6.07) is 17.6. The minimum Gasteiger partial charge on any atom is -0.497 e. The molecule has 2 rings (SSSR count). The molecule has 120 valence electrons. The molecule has 1 N–H and O–H groups in total. The minimum absolute atomic E-state index is 0.0983. The number of benzene rings is 2. The van der Waals surface area contributed by atoms with Crippen molar-refractivity contribution in [3.05, 3.63) is 65.7 Å². The highest BCUT2D eigenvalue weighted by Gasteiger charge is 2.02. The van der Waals surface area contributed by atoms with Crippen LogP contribution >= 0.6 is 11.8 Å². The molecule has 23 heavy (non-hydrogen) atoms. The Balaban J connectivity index is 1.77. The first-order valence-electron chi connectivity index (χ1n) is 7.28. The van der Waals surface area contributed by atoms with Crippen molar-refractivity contribution in [1.29, 1.82) is 0 Å². The third kappa shape index (κ3) is 5.79. The number of carbonyl (C=O) groups is 1. The molecule has 0 aliphatic rings. The molecule has 0 unspecified atom stereocenters. The van der Waals surface area contributed by atoms with E-state index in [2.05, 4.69) is 22.7 Å². The van der Waals surface area contributed by atoms with E-state index < -0.39 is 0 Å². The van der Waals surface area contributed by atoms with Crippen LogP contribution in [0, 0.1) is 0 Å². The summed E-state index contributed by atoms with van der Waals surface area (Å²) >= 11 is 1.57. The van der Waals surface area contributed by atoms with Crippen LogP contribution < -0.4 is 10.2 Å². The van der Waals surface area contributed by atoms with Gasteiger partial charge in [0.15, 0.2) is 0 Å². The number of methoxy groups -OCH3 is 1. The van der Waals surface area contributed by atoms with Crippen molar-refractivity contribution < 1.29 is 9.53 Å². The number of nitrogens with one attached hydrogen (secondary N) is 1. The van der Waals surface area contributed by atoms with E-state index in [1.165, 1.54) is 5.56 Å². The maximum atomic E-state index is 11.8. The second-order valence-electron chi connectivity index (χ2n) is 4.94. The van der Waals surface area contributed by atoms with Crippen LogP contribution in [0.4, 0.5) is 0 Å². The number of hydrazone groups is 1. The zero-order valence-corrected chi connectivity index (χ0v) is 14.1. The van der Waals surface area contributed by atoms with Gasteiger partial charge in [-0.25, -0.2) is 5.43 Å². The Morgan fingerprint density at radius 3 is 2.48 bits per heavy atom. The highest BCUT2D eigenvalue weighted by molar-refractivity contribution is 7.99. The molecule has 0 spiro atoms. The molecule has 0 saturated carbocycles. The van der Waals surface area contributed by atoms with E-state index in [0.29, 0.717) is 5.75 Å². The van der Waals surface area contributed by atoms with Crippen molar-refractivity contribution in [2.24, 2.45) is 5.10 Å². The zero-order valence-electron chi connectivity index (χ0n) is 13.3. The van der Waals surface area contributed by atoms with E-state index in [0.717, 1.165) is 22.8 Å². The summed E-state index contributed by atoms with van der Waals surface area (Å²) in [5, 5.41) is 4.14. The van der Waals surface area contributed by atoms with Crippen molar-refractivity contribution in [3.8, 4) is 5.75 Å². The molecular formula is C18H20N2O2S. The molecule has 0 fully saturated rings. The van der Waals surface area contributed by atoms with Crippen LogP contribution in [0.5, 0.6) is 5.75 Å². The normalized spacial score (nSPS) is 11.1. The van der Waals surface area contributed by atoms with Gasteiger partial charge in [-0.3, -0.25) is 4.79 Å². The van der Waals surface area contributed by atoms with E-state index in [-0.39, 0.29) is 5.91 Å². The summed E-state index contributed by atoms with van der Waals surface area (Å²) < 4.78 is 5.12. The molecule has 0 aliphatic carbocycles. The van der Waals surface area contributed by atoms with Crippen LogP contribution in [0.3, 0.4) is 0 Å². The Hall–Kier alpha value is -2.27. The number of hydrogen-bond donors (Lipinski definition) is 1. The molecule has 0 bridgehead atoms. The van der Waals surface area contributed by atoms with Gasteiger partial charge in [0.1, 0.15) is 5.75 Å². The fourth-order valence-corrected chi connectivity index (χ4v) is 2.69. The van der Waals surface area contributed by atoms with Crippen molar-refractivity contribution >= 4 is 23.4 Å². The molecule has 0 aromatic heterocycles. The Bertz CT molecular complexity index is 654. The van der Waals surface area contributed by atoms with Gasteiger partial charge in [0.2, 0.25) is 5.91 Å². The first-order valence-corrected chi connectivity index (χ1v) is 8.43. The molecule has 1 amide bonds. The Morgan fingerprint density at radius 2 is 1.83 bits per heavy atom. The van der Waals surface area contributed by atoms with Crippen molar-refractivity contribution in [3.63, 3.8) is 0 Å². The van der Waals surface area contributed by atoms with E-state index >= 15 is 0 Å². The number of carbonyl (C=O) groups excluding carboxylic acids is 1. The average Bonchev–Trinajstić information content (AvgIpc) is 2.60. The first kappa shape index (κ1) is 17.1. The lowest BCUT2D eigenvalue weighted by molar-refractivity contribution is -0.118. The number of ether oxygens (including phenoxy) is 1. The molecule has 4 nitrogen and oxygen atoms in total. The summed E-state index contributed by atoms with van der Waals surface area (Å²) in [7, 11) is 1.63. The second-order valence-corrected chi connectivity index (χ2v) is 5.92. The van der Waals surface area contributed by atoms with Gasteiger partial charge < -0.3 is 4.74 Å². The lowest BCUT2D eigenvalue weighted by atomic mass is 10.1. The topological polar surface area (TPSA) is 50.7 Å². The molecule has 0 saturated heterocycles. The number of hydrogen-bond acceptors (Lipinski definition) is 4. The summed E-state index contributed by atoms with van der Waals surface area (Å²) in [6.45, 7) is 1.86. The van der Waals surface area contributed by atoms with Gasteiger partial charge in [-0.15, -0.1) is 11.8 Å². The van der Waals surface area contributed by atoms with Crippen LogP contribution in [0.2, 0.25) is 0 Å². The highest BCUT2D eigenvalue weighted by atomic mass is 32.2. The lowest BCUT2D eigenvalue weighted by Gasteiger charge is -2.04. The van der Waals surface area contributed by atoms with Crippen LogP contribution in [0.25, 0.3) is 0 Å². The van der Waals surface area contributed by atoms with Crippen molar-refractivity contribution in [2.45, 2.75) is 12.7 Å². The molecule has 0 aliphatic heterocycles. The van der Waals surface area contributed by atoms with E-state index in [1.807, 2.05) is 49.4 Å². The van der Waals surface area contributed by atoms with Gasteiger partial charge in [-0.2, -0.15) is 5.10 Å². The van der Waals surface area contributed by atoms with Gasteiger partial charge in [0, 0.05) is 5.75 Å². The highest BCUT2D eigenvalue weighted by Crippen LogP contribution is 2.12. The fraction of sp³-hybridized carbons (Fsp3) is 0.222. The zero-order chi connectivity index (χ0) is 16.5. The number of amides is 1. The smallest absolute Gasteiger partial charge is 0.250 e. The van der Waals surface area contributed by atoms with Crippen molar-refractivity contribution in [1.82, 2.24) is 5.43 Å². The van der Waals surface area contributed by atoms with Crippen LogP contribution in [0.1, 0.15) is 18.1 Å². The summed E-state index contributed by atoms with van der Waals surface area (Å²) in [5.74, 6) is 1.89. The Kier molecular flexibility index (Phi) is 6.69. The van der Waals surface area contributed by atoms with Gasteiger partial charge in [-0.05, 0) is 42.3 Å². The third-order valence-corrected chi connectivity index (χ3v) is 4.20. The van der Waals surface area contributed by atoms with Crippen molar-refractivity contribution in [2.75, 3.05) is 12.9 Å². The lowest BCUT2D eigenvalue weighted by Crippen LogP contribution is -2.21. The van der Waals surface area contributed by atoms with E-state index in [1.54, 1.807) is 18.9 Å². The third-order valence-electron chi connectivity index (χ3n) is 3.20. The van der Waals surface area contributed by atoms with Gasteiger partial charge >= 0.3 is 0 Å². The van der Waals surface area contributed by atoms with E-state index in [9.17, 15) is 4.79 Å². The quantitative estimate of drug-likeness (QED) is 0.625. The van der Waals surface area contributed by atoms with Crippen LogP contribution in [-0.2, 0) is 10.5 Å². The predicted molar refractivity (Wildman–Crippen MR) is 96.0 cm³/mol. The Labute approximate surface area is 140 Å². The summed E-state index contributed by atoms with van der Waals surface area (Å²) in [6.07, 6.45) is 0. The molecule has 0 heterocycles. The molecule has 2 aromatic rings. The number of thioether (sulfide) groups is 1. The molecule has 0 atom stereocenters. The Morgan fingerprint density at radius 1 is 1.13 bits per heavy atom. The van der Waals surface area contributed by atoms with E-state index in [4.69, 9.17) is 4.74 Å². The van der Waals surface area contributed by atoms with Gasteiger partial charge in [0.25, 0.3) is 0 Å². The van der Waals surface area contributed by atoms with Crippen LogP contribution in [0.15, 0.2) is 59.7 Å². The predicted octanol–water partition coefficient (Wildman–Crippen LogP) is 3.47. The number of rotatable bonds is 7. The SMILES string of the molecule is COc1ccc(/C(C)=N\NC(=O)CSCc2ccccc2)cc1.